The predicted octanol–water partition coefficient (Wildman–Crippen LogP) is 1.84. The first-order valence-corrected chi connectivity index (χ1v) is 11.6. The summed E-state index contributed by atoms with van der Waals surface area (Å²) in [4.78, 5) is 22.5. The van der Waals surface area contributed by atoms with Crippen molar-refractivity contribution in [1.82, 2.24) is 15.2 Å². The number of carbonyl (C=O) groups excluding carboxylic acids is 1. The van der Waals surface area contributed by atoms with Gasteiger partial charge in [0.05, 0.1) is 17.7 Å². The van der Waals surface area contributed by atoms with Crippen LogP contribution in [0.3, 0.4) is 0 Å². The maximum Gasteiger partial charge on any atom is 0.252 e. The molecule has 4 N–H and O–H groups in total. The van der Waals surface area contributed by atoms with E-state index in [0.29, 0.717) is 23.9 Å². The van der Waals surface area contributed by atoms with Crippen LogP contribution in [0.1, 0.15) is 36.0 Å². The van der Waals surface area contributed by atoms with Crippen molar-refractivity contribution >= 4 is 22.6 Å². The van der Waals surface area contributed by atoms with E-state index in [1.807, 2.05) is 30.3 Å². The number of aliphatic hydroxyl groups is 1. The van der Waals surface area contributed by atoms with E-state index in [2.05, 4.69) is 15.1 Å². The molecule has 7 nitrogen and oxygen atoms in total. The van der Waals surface area contributed by atoms with Crippen molar-refractivity contribution in [3.8, 4) is 0 Å². The number of fused-ring (bicyclic) bond motifs is 1. The van der Waals surface area contributed by atoms with E-state index in [0.717, 1.165) is 68.8 Å². The summed E-state index contributed by atoms with van der Waals surface area (Å²) in [5.74, 6) is 2.03. The summed E-state index contributed by atoms with van der Waals surface area (Å²) in [6, 6.07) is 9.83. The van der Waals surface area contributed by atoms with Crippen LogP contribution in [0, 0.1) is 11.8 Å². The molecule has 4 rings (SSSR count). The molecule has 1 aliphatic heterocycles. The molecule has 0 bridgehead atoms. The summed E-state index contributed by atoms with van der Waals surface area (Å²) in [6.07, 6.45) is 4.62. The van der Waals surface area contributed by atoms with E-state index in [1.54, 1.807) is 0 Å². The van der Waals surface area contributed by atoms with E-state index < -0.39 is 0 Å². The van der Waals surface area contributed by atoms with Crippen LogP contribution in [0.25, 0.3) is 10.9 Å². The maximum atomic E-state index is 13.2. The summed E-state index contributed by atoms with van der Waals surface area (Å²) >= 11 is 0. The van der Waals surface area contributed by atoms with E-state index in [-0.39, 0.29) is 12.5 Å². The first-order chi connectivity index (χ1) is 15.2. The van der Waals surface area contributed by atoms with Gasteiger partial charge in [0, 0.05) is 44.7 Å². The standard InChI is InChI=1S/C24H35N5O2/c25-16-18-5-7-19(8-6-18)17-26-24(31)21-15-23(27-22-4-2-1-3-20(21)22)29-11-9-28(10-12-29)13-14-30/h1-4,15,18-19,30H,5-14,16-17,25H2,(H,26,31)/t18-,19-. The Labute approximate surface area is 184 Å². The van der Waals surface area contributed by atoms with E-state index in [1.165, 1.54) is 12.8 Å². The minimum Gasteiger partial charge on any atom is -0.395 e. The van der Waals surface area contributed by atoms with Crippen molar-refractivity contribution in [3.05, 3.63) is 35.9 Å². The van der Waals surface area contributed by atoms with Crippen molar-refractivity contribution < 1.29 is 9.90 Å². The fourth-order valence-electron chi connectivity index (χ4n) is 4.86. The number of pyridine rings is 1. The highest BCUT2D eigenvalue weighted by molar-refractivity contribution is 6.07. The number of hydrogen-bond donors (Lipinski definition) is 3. The molecule has 31 heavy (non-hydrogen) atoms. The second-order valence-corrected chi connectivity index (χ2v) is 8.93. The Morgan fingerprint density at radius 2 is 1.81 bits per heavy atom. The lowest BCUT2D eigenvalue weighted by Gasteiger charge is -2.35. The van der Waals surface area contributed by atoms with Crippen molar-refractivity contribution in [2.75, 3.05) is 57.3 Å². The average molecular weight is 426 g/mol. The molecule has 1 aliphatic carbocycles. The monoisotopic (exact) mass is 425 g/mol. The van der Waals surface area contributed by atoms with Crippen molar-refractivity contribution in [2.45, 2.75) is 25.7 Å². The van der Waals surface area contributed by atoms with Gasteiger partial charge in [-0.2, -0.15) is 0 Å². The van der Waals surface area contributed by atoms with Crippen molar-refractivity contribution in [2.24, 2.45) is 17.6 Å². The van der Waals surface area contributed by atoms with Crippen molar-refractivity contribution in [1.29, 1.82) is 0 Å². The summed E-state index contributed by atoms with van der Waals surface area (Å²) in [5.41, 5.74) is 7.36. The number of piperazine rings is 1. The highest BCUT2D eigenvalue weighted by Crippen LogP contribution is 2.28. The molecule has 1 saturated carbocycles. The Kier molecular flexibility index (Phi) is 7.37. The predicted molar refractivity (Wildman–Crippen MR) is 124 cm³/mol. The molecule has 1 saturated heterocycles. The van der Waals surface area contributed by atoms with Gasteiger partial charge in [-0.05, 0) is 56.2 Å². The largest absolute Gasteiger partial charge is 0.395 e. The number of carbonyl (C=O) groups is 1. The molecule has 1 aromatic heterocycles. The van der Waals surface area contributed by atoms with E-state index in [4.69, 9.17) is 15.8 Å². The van der Waals surface area contributed by atoms with E-state index in [9.17, 15) is 4.79 Å². The maximum absolute atomic E-state index is 13.2. The van der Waals surface area contributed by atoms with Crippen LogP contribution in [0.5, 0.6) is 0 Å². The SMILES string of the molecule is NC[C@H]1CC[C@H](CNC(=O)c2cc(N3CCN(CCO)CC3)nc3ccccc23)CC1. The lowest BCUT2D eigenvalue weighted by Crippen LogP contribution is -2.47. The van der Waals surface area contributed by atoms with Gasteiger partial charge in [0.25, 0.3) is 5.91 Å². The van der Waals surface area contributed by atoms with Crippen LogP contribution in [-0.4, -0.2) is 73.3 Å². The molecule has 2 aromatic rings. The number of benzene rings is 1. The Morgan fingerprint density at radius 1 is 1.10 bits per heavy atom. The molecule has 1 aromatic carbocycles. The molecule has 0 spiro atoms. The van der Waals surface area contributed by atoms with Crippen LogP contribution < -0.4 is 16.0 Å². The Balaban J connectivity index is 1.47. The normalized spacial score (nSPS) is 22.6. The van der Waals surface area contributed by atoms with Gasteiger partial charge in [0.1, 0.15) is 5.82 Å². The zero-order chi connectivity index (χ0) is 21.6. The first-order valence-electron chi connectivity index (χ1n) is 11.6. The highest BCUT2D eigenvalue weighted by Gasteiger charge is 2.23. The zero-order valence-corrected chi connectivity index (χ0v) is 18.3. The third kappa shape index (κ3) is 5.34. The molecule has 2 heterocycles. The number of nitrogens with two attached hydrogens (primary N) is 1. The van der Waals surface area contributed by atoms with Gasteiger partial charge in [-0.3, -0.25) is 9.69 Å². The van der Waals surface area contributed by atoms with Gasteiger partial charge >= 0.3 is 0 Å². The lowest BCUT2D eigenvalue weighted by atomic mass is 9.82. The number of hydrogen-bond acceptors (Lipinski definition) is 6. The van der Waals surface area contributed by atoms with Crippen LogP contribution >= 0.6 is 0 Å². The number of nitrogens with one attached hydrogen (secondary N) is 1. The molecule has 1 amide bonds. The number of para-hydroxylation sites is 1. The smallest absolute Gasteiger partial charge is 0.252 e. The highest BCUT2D eigenvalue weighted by atomic mass is 16.3. The van der Waals surface area contributed by atoms with Gasteiger partial charge in [-0.25, -0.2) is 4.98 Å². The number of β-amino-alcohol motifs (C(OH)–C–C–N with tert-alkyl or cyclic N) is 1. The number of rotatable bonds is 7. The fraction of sp³-hybridized carbons (Fsp3) is 0.583. The Bertz CT molecular complexity index is 873. The minimum atomic E-state index is -0.0142. The third-order valence-electron chi connectivity index (χ3n) is 6.91. The molecular formula is C24H35N5O2. The summed E-state index contributed by atoms with van der Waals surface area (Å²) in [5, 5.41) is 13.3. The lowest BCUT2D eigenvalue weighted by molar-refractivity contribution is 0.0943. The Hall–Kier alpha value is -2.22. The molecule has 2 aliphatic rings. The first kappa shape index (κ1) is 22.0. The number of anilines is 1. The molecule has 2 fully saturated rings. The third-order valence-corrected chi connectivity index (χ3v) is 6.91. The van der Waals surface area contributed by atoms with Crippen LogP contribution in [-0.2, 0) is 0 Å². The summed E-state index contributed by atoms with van der Waals surface area (Å²) in [7, 11) is 0. The fourth-order valence-corrected chi connectivity index (χ4v) is 4.86. The van der Waals surface area contributed by atoms with Gasteiger partial charge in [-0.1, -0.05) is 18.2 Å². The zero-order valence-electron chi connectivity index (χ0n) is 18.3. The van der Waals surface area contributed by atoms with Gasteiger partial charge in [-0.15, -0.1) is 0 Å². The van der Waals surface area contributed by atoms with Gasteiger partial charge in [0.2, 0.25) is 0 Å². The molecule has 0 atom stereocenters. The van der Waals surface area contributed by atoms with Crippen LogP contribution in [0.2, 0.25) is 0 Å². The second kappa shape index (κ2) is 10.4. The van der Waals surface area contributed by atoms with Gasteiger partial charge < -0.3 is 21.1 Å². The molecule has 0 radical (unpaired) electrons. The van der Waals surface area contributed by atoms with E-state index >= 15 is 0 Å². The minimum absolute atomic E-state index is 0.0142. The van der Waals surface area contributed by atoms with Crippen LogP contribution in [0.15, 0.2) is 30.3 Å². The Morgan fingerprint density at radius 3 is 2.52 bits per heavy atom. The number of aromatic nitrogens is 1. The van der Waals surface area contributed by atoms with Crippen molar-refractivity contribution in [3.63, 3.8) is 0 Å². The van der Waals surface area contributed by atoms with Gasteiger partial charge in [0.15, 0.2) is 0 Å². The number of aliphatic hydroxyl groups excluding tert-OH is 1. The average Bonchev–Trinajstić information content (AvgIpc) is 2.83. The second-order valence-electron chi connectivity index (χ2n) is 8.93. The topological polar surface area (TPSA) is 94.7 Å². The molecule has 168 valence electrons. The molecular weight excluding hydrogens is 390 g/mol. The van der Waals surface area contributed by atoms with Crippen LogP contribution in [0.4, 0.5) is 5.82 Å². The summed E-state index contributed by atoms with van der Waals surface area (Å²) in [6.45, 7) is 5.87. The molecule has 0 unspecified atom stereocenters. The molecule has 7 heteroatoms. The number of nitrogens with zero attached hydrogens (tertiary/aromatic N) is 3. The summed E-state index contributed by atoms with van der Waals surface area (Å²) < 4.78 is 0. The number of amides is 1. The quantitative estimate of drug-likeness (QED) is 0.627.